The second-order valence-corrected chi connectivity index (χ2v) is 5.17. The Bertz CT molecular complexity index is 574. The van der Waals surface area contributed by atoms with E-state index in [9.17, 15) is 4.79 Å². The summed E-state index contributed by atoms with van der Waals surface area (Å²) in [6.45, 7) is 3.96. The number of carbonyl (C=O) groups excluding carboxylic acids is 1. The van der Waals surface area contributed by atoms with Gasteiger partial charge in [0.25, 0.3) is 5.91 Å². The molecule has 20 heavy (non-hydrogen) atoms. The van der Waals surface area contributed by atoms with Crippen LogP contribution in [0, 0.1) is 0 Å². The number of amides is 1. The first-order valence-corrected chi connectivity index (χ1v) is 6.55. The molecule has 104 valence electrons. The number of hydrogen-bond donors (Lipinski definition) is 1. The fraction of sp³-hybridized carbons (Fsp3) is 0.235. The molecule has 0 aliphatic rings. The Balaban J connectivity index is 2.15. The molecule has 3 nitrogen and oxygen atoms in total. The van der Waals surface area contributed by atoms with Gasteiger partial charge in [0.15, 0.2) is 0 Å². The maximum Gasteiger partial charge on any atom is 0.251 e. The average Bonchev–Trinajstić information content (AvgIpc) is 2.48. The molecule has 0 heterocycles. The molecule has 2 rings (SSSR count). The first kappa shape index (κ1) is 14.1. The summed E-state index contributed by atoms with van der Waals surface area (Å²) in [6.07, 6.45) is 0. The molecular weight excluding hydrogens is 250 g/mol. The van der Waals surface area contributed by atoms with Crippen molar-refractivity contribution in [2.75, 3.05) is 7.11 Å². The Kier molecular flexibility index (Phi) is 4.08. The number of nitrogens with one attached hydrogen (secondary N) is 1. The predicted octanol–water partition coefficient (Wildman–Crippen LogP) is 3.36. The minimum atomic E-state index is -0.445. The molecule has 0 aliphatic heterocycles. The number of ether oxygens (including phenoxy) is 1. The fourth-order valence-corrected chi connectivity index (χ4v) is 2.03. The van der Waals surface area contributed by atoms with Gasteiger partial charge < -0.3 is 10.1 Å². The monoisotopic (exact) mass is 269 g/mol. The molecule has 0 unspecified atom stereocenters. The molecule has 2 aromatic rings. The molecule has 1 N–H and O–H groups in total. The van der Waals surface area contributed by atoms with Crippen LogP contribution >= 0.6 is 0 Å². The summed E-state index contributed by atoms with van der Waals surface area (Å²) < 4.78 is 5.14. The van der Waals surface area contributed by atoms with Crippen LogP contribution in [-0.4, -0.2) is 13.0 Å². The van der Waals surface area contributed by atoms with Gasteiger partial charge in [0.1, 0.15) is 5.75 Å². The molecule has 0 fully saturated rings. The molecule has 1 amide bonds. The number of hydrogen-bond acceptors (Lipinski definition) is 2. The first-order valence-electron chi connectivity index (χ1n) is 6.55. The van der Waals surface area contributed by atoms with Crippen LogP contribution in [0.15, 0.2) is 54.6 Å². The van der Waals surface area contributed by atoms with Gasteiger partial charge in [0.2, 0.25) is 0 Å². The van der Waals surface area contributed by atoms with Crippen LogP contribution in [0.4, 0.5) is 0 Å². The van der Waals surface area contributed by atoms with E-state index in [2.05, 4.69) is 5.32 Å². The summed E-state index contributed by atoms with van der Waals surface area (Å²) in [5, 5.41) is 3.05. The number of rotatable bonds is 4. The maximum absolute atomic E-state index is 12.2. The fourth-order valence-electron chi connectivity index (χ4n) is 2.03. The number of benzene rings is 2. The lowest BCUT2D eigenvalue weighted by atomic mass is 9.93. The minimum Gasteiger partial charge on any atom is -0.497 e. The summed E-state index contributed by atoms with van der Waals surface area (Å²) in [7, 11) is 1.64. The summed E-state index contributed by atoms with van der Waals surface area (Å²) in [4.78, 5) is 12.2. The molecule has 0 aliphatic carbocycles. The Labute approximate surface area is 119 Å². The lowest BCUT2D eigenvalue weighted by molar-refractivity contribution is 0.0912. The van der Waals surface area contributed by atoms with Crippen LogP contribution < -0.4 is 10.1 Å². The van der Waals surface area contributed by atoms with Crippen molar-refractivity contribution in [1.82, 2.24) is 5.32 Å². The van der Waals surface area contributed by atoms with E-state index in [1.54, 1.807) is 19.2 Å². The predicted molar refractivity (Wildman–Crippen MR) is 79.9 cm³/mol. The Morgan fingerprint density at radius 1 is 1.00 bits per heavy atom. The number of carbonyl (C=O) groups is 1. The molecule has 0 spiro atoms. The Morgan fingerprint density at radius 3 is 2.15 bits per heavy atom. The summed E-state index contributed by atoms with van der Waals surface area (Å²) >= 11 is 0. The zero-order chi connectivity index (χ0) is 14.6. The normalized spacial score (nSPS) is 10.9. The van der Waals surface area contributed by atoms with Gasteiger partial charge in [-0.25, -0.2) is 0 Å². The van der Waals surface area contributed by atoms with Crippen LogP contribution in [0.25, 0.3) is 0 Å². The van der Waals surface area contributed by atoms with Crippen LogP contribution in [0.2, 0.25) is 0 Å². The molecule has 2 aromatic carbocycles. The lowest BCUT2D eigenvalue weighted by Crippen LogP contribution is -2.40. The average molecular weight is 269 g/mol. The third-order valence-electron chi connectivity index (χ3n) is 3.27. The highest BCUT2D eigenvalue weighted by atomic mass is 16.5. The highest BCUT2D eigenvalue weighted by Gasteiger charge is 2.23. The van der Waals surface area contributed by atoms with Crippen molar-refractivity contribution in [3.63, 3.8) is 0 Å². The third-order valence-corrected chi connectivity index (χ3v) is 3.27. The SMILES string of the molecule is COc1ccc(C(C)(C)NC(=O)c2ccccc2)cc1. The van der Waals surface area contributed by atoms with Crippen molar-refractivity contribution < 1.29 is 9.53 Å². The summed E-state index contributed by atoms with van der Waals surface area (Å²) in [5.74, 6) is 0.727. The van der Waals surface area contributed by atoms with E-state index in [0.717, 1.165) is 11.3 Å². The van der Waals surface area contributed by atoms with Gasteiger partial charge in [-0.15, -0.1) is 0 Å². The van der Waals surface area contributed by atoms with Crippen molar-refractivity contribution >= 4 is 5.91 Å². The quantitative estimate of drug-likeness (QED) is 0.924. The molecule has 3 heteroatoms. The third kappa shape index (κ3) is 3.18. The van der Waals surface area contributed by atoms with Gasteiger partial charge in [0.05, 0.1) is 12.6 Å². The molecule has 0 aromatic heterocycles. The Hall–Kier alpha value is -2.29. The van der Waals surface area contributed by atoms with E-state index in [1.807, 2.05) is 56.3 Å². The van der Waals surface area contributed by atoms with E-state index in [0.29, 0.717) is 5.56 Å². The van der Waals surface area contributed by atoms with Crippen molar-refractivity contribution in [2.45, 2.75) is 19.4 Å². The van der Waals surface area contributed by atoms with Gasteiger partial charge in [-0.1, -0.05) is 30.3 Å². The largest absolute Gasteiger partial charge is 0.497 e. The molecular formula is C17H19NO2. The summed E-state index contributed by atoms with van der Waals surface area (Å²) in [5.41, 5.74) is 1.25. The second-order valence-electron chi connectivity index (χ2n) is 5.17. The Morgan fingerprint density at radius 2 is 1.60 bits per heavy atom. The van der Waals surface area contributed by atoms with Crippen LogP contribution in [0.3, 0.4) is 0 Å². The van der Waals surface area contributed by atoms with Crippen molar-refractivity contribution in [3.05, 3.63) is 65.7 Å². The molecule has 0 atom stereocenters. The van der Waals surface area contributed by atoms with Gasteiger partial charge in [-0.3, -0.25) is 4.79 Å². The van der Waals surface area contributed by atoms with E-state index in [4.69, 9.17) is 4.74 Å². The van der Waals surface area contributed by atoms with E-state index in [1.165, 1.54) is 0 Å². The standard InChI is InChI=1S/C17H19NO2/c1-17(2,14-9-11-15(20-3)12-10-14)18-16(19)13-7-5-4-6-8-13/h4-12H,1-3H3,(H,18,19). The van der Waals surface area contributed by atoms with Crippen LogP contribution in [0.1, 0.15) is 29.8 Å². The smallest absolute Gasteiger partial charge is 0.251 e. The van der Waals surface area contributed by atoms with E-state index in [-0.39, 0.29) is 5.91 Å². The van der Waals surface area contributed by atoms with Crippen molar-refractivity contribution in [1.29, 1.82) is 0 Å². The van der Waals surface area contributed by atoms with Crippen LogP contribution in [0.5, 0.6) is 5.75 Å². The van der Waals surface area contributed by atoms with Gasteiger partial charge in [-0.05, 0) is 43.7 Å². The zero-order valence-electron chi connectivity index (χ0n) is 12.0. The van der Waals surface area contributed by atoms with Crippen LogP contribution in [-0.2, 0) is 5.54 Å². The minimum absolute atomic E-state index is 0.0774. The molecule has 0 radical (unpaired) electrons. The molecule has 0 saturated heterocycles. The molecule has 0 saturated carbocycles. The van der Waals surface area contributed by atoms with Crippen molar-refractivity contribution in [2.24, 2.45) is 0 Å². The highest BCUT2D eigenvalue weighted by Crippen LogP contribution is 2.23. The molecule has 0 bridgehead atoms. The maximum atomic E-state index is 12.2. The topological polar surface area (TPSA) is 38.3 Å². The highest BCUT2D eigenvalue weighted by molar-refractivity contribution is 5.94. The zero-order valence-corrected chi connectivity index (χ0v) is 12.0. The van der Waals surface area contributed by atoms with Gasteiger partial charge >= 0.3 is 0 Å². The summed E-state index contributed by atoms with van der Waals surface area (Å²) in [6, 6.07) is 16.9. The second kappa shape index (κ2) is 5.78. The van der Waals surface area contributed by atoms with Gasteiger partial charge in [0, 0.05) is 5.56 Å². The van der Waals surface area contributed by atoms with Gasteiger partial charge in [-0.2, -0.15) is 0 Å². The lowest BCUT2D eigenvalue weighted by Gasteiger charge is -2.27. The van der Waals surface area contributed by atoms with E-state index < -0.39 is 5.54 Å². The first-order chi connectivity index (χ1) is 9.53. The van der Waals surface area contributed by atoms with Crippen molar-refractivity contribution in [3.8, 4) is 5.75 Å². The van der Waals surface area contributed by atoms with E-state index >= 15 is 0 Å². The number of methoxy groups -OCH3 is 1.